The van der Waals surface area contributed by atoms with Crippen molar-refractivity contribution < 1.29 is 0 Å². The van der Waals surface area contributed by atoms with E-state index in [0.717, 1.165) is 87.6 Å². The fraction of sp³-hybridized carbons (Fsp3) is 0.185. The summed E-state index contributed by atoms with van der Waals surface area (Å²) in [6.45, 7) is 8.04. The topological polar surface area (TPSA) is 128 Å². The second-order valence-electron chi connectivity index (χ2n) is 15.8. The van der Waals surface area contributed by atoms with Crippen molar-refractivity contribution in [2.75, 3.05) is 23.7 Å². The molecule has 6 N–H and O–H groups in total. The minimum absolute atomic E-state index is 0.00131. The van der Waals surface area contributed by atoms with Gasteiger partial charge in [0.15, 0.2) is 0 Å². The molecule has 62 heavy (non-hydrogen) atoms. The quantitative estimate of drug-likeness (QED) is 0.0805. The number of nitrogens with zero attached hydrogens (tertiary/aromatic N) is 4. The van der Waals surface area contributed by atoms with Gasteiger partial charge >= 0.3 is 0 Å². The summed E-state index contributed by atoms with van der Waals surface area (Å²) in [7, 11) is 0. The van der Waals surface area contributed by atoms with Crippen LogP contribution in [-0.4, -0.2) is 33.0 Å². The first-order valence-corrected chi connectivity index (χ1v) is 21.4. The fourth-order valence-electron chi connectivity index (χ4n) is 7.43. The van der Waals surface area contributed by atoms with Crippen molar-refractivity contribution in [1.29, 1.82) is 0 Å². The SMILES string of the molecule is CC(C)c1cccc(-c2cnc(NCCC(N)c3ccccc3)cc2-c2ccncc2)c1.Cc1cccc(-c2cnc(NCCC(N)c3ccccc3)cc2-c2ccncc2)c1. The lowest BCUT2D eigenvalue weighted by molar-refractivity contribution is 0.674. The number of nitrogens with two attached hydrogens (primary N) is 2. The van der Waals surface area contributed by atoms with Crippen LogP contribution in [0.4, 0.5) is 11.6 Å². The molecule has 0 fully saturated rings. The predicted molar refractivity (Wildman–Crippen MR) is 258 cm³/mol. The van der Waals surface area contributed by atoms with Crippen LogP contribution in [0.2, 0.25) is 0 Å². The van der Waals surface area contributed by atoms with Crippen molar-refractivity contribution in [3.05, 3.63) is 205 Å². The third-order valence-electron chi connectivity index (χ3n) is 11.0. The average molecular weight is 817 g/mol. The predicted octanol–water partition coefficient (Wildman–Crippen LogP) is 12.1. The first kappa shape index (κ1) is 43.1. The monoisotopic (exact) mass is 816 g/mol. The van der Waals surface area contributed by atoms with E-state index >= 15 is 0 Å². The molecule has 312 valence electrons. The Morgan fingerprint density at radius 1 is 0.452 bits per heavy atom. The fourth-order valence-corrected chi connectivity index (χ4v) is 7.43. The first-order chi connectivity index (χ1) is 30.3. The molecule has 4 aromatic heterocycles. The molecule has 2 atom stereocenters. The van der Waals surface area contributed by atoms with Gasteiger partial charge in [0.05, 0.1) is 0 Å². The third-order valence-corrected chi connectivity index (χ3v) is 11.0. The lowest BCUT2D eigenvalue weighted by atomic mass is 9.93. The number of hydrogen-bond donors (Lipinski definition) is 4. The number of aryl methyl sites for hydroxylation is 1. The Hall–Kier alpha value is -7.00. The summed E-state index contributed by atoms with van der Waals surface area (Å²) in [5.74, 6) is 2.17. The van der Waals surface area contributed by atoms with Crippen LogP contribution in [0.1, 0.15) is 66.9 Å². The van der Waals surface area contributed by atoms with Crippen LogP contribution in [0.15, 0.2) is 183 Å². The van der Waals surface area contributed by atoms with Gasteiger partial charge in [-0.05, 0) is 112 Å². The van der Waals surface area contributed by atoms with Crippen molar-refractivity contribution in [3.63, 3.8) is 0 Å². The molecule has 0 aliphatic heterocycles. The second kappa shape index (κ2) is 21.5. The molecule has 0 bridgehead atoms. The molecule has 8 rings (SSSR count). The number of pyridine rings is 4. The van der Waals surface area contributed by atoms with Crippen LogP contribution < -0.4 is 22.1 Å². The Morgan fingerprint density at radius 2 is 0.887 bits per heavy atom. The Morgan fingerprint density at radius 3 is 1.34 bits per heavy atom. The molecule has 8 heteroatoms. The Bertz CT molecular complexity index is 2600. The van der Waals surface area contributed by atoms with Gasteiger partial charge in [-0.3, -0.25) is 9.97 Å². The number of hydrogen-bond acceptors (Lipinski definition) is 8. The van der Waals surface area contributed by atoms with Crippen LogP contribution in [0.25, 0.3) is 44.5 Å². The molecule has 0 saturated heterocycles. The molecule has 4 heterocycles. The van der Waals surface area contributed by atoms with Crippen LogP contribution in [-0.2, 0) is 0 Å². The van der Waals surface area contributed by atoms with E-state index in [-0.39, 0.29) is 12.1 Å². The third kappa shape index (κ3) is 11.6. The van der Waals surface area contributed by atoms with Gasteiger partial charge in [-0.15, -0.1) is 0 Å². The van der Waals surface area contributed by atoms with Gasteiger partial charge in [-0.25, -0.2) is 9.97 Å². The molecular formula is C54H56N8. The highest BCUT2D eigenvalue weighted by Crippen LogP contribution is 2.35. The number of nitrogens with one attached hydrogen (secondary N) is 2. The summed E-state index contributed by atoms with van der Waals surface area (Å²) >= 11 is 0. The zero-order chi connectivity index (χ0) is 43.1. The molecule has 8 nitrogen and oxygen atoms in total. The number of anilines is 2. The van der Waals surface area contributed by atoms with Crippen LogP contribution >= 0.6 is 0 Å². The Kier molecular flexibility index (Phi) is 14.9. The first-order valence-electron chi connectivity index (χ1n) is 21.4. The Labute approximate surface area is 366 Å². The molecule has 0 spiro atoms. The van der Waals surface area contributed by atoms with Gasteiger partial charge in [-0.2, -0.15) is 0 Å². The van der Waals surface area contributed by atoms with Crippen LogP contribution in [0, 0.1) is 6.92 Å². The number of benzene rings is 4. The van der Waals surface area contributed by atoms with E-state index in [1.165, 1.54) is 16.7 Å². The smallest absolute Gasteiger partial charge is 0.126 e. The van der Waals surface area contributed by atoms with E-state index in [4.69, 9.17) is 16.5 Å². The maximum Gasteiger partial charge on any atom is 0.126 e. The summed E-state index contributed by atoms with van der Waals surface area (Å²) in [6.07, 6.45) is 12.9. The lowest BCUT2D eigenvalue weighted by Gasteiger charge is -2.16. The molecule has 0 amide bonds. The van der Waals surface area contributed by atoms with Gasteiger partial charge in [0, 0.05) is 73.5 Å². The number of aromatic nitrogens is 4. The van der Waals surface area contributed by atoms with E-state index in [0.29, 0.717) is 5.92 Å². The van der Waals surface area contributed by atoms with Crippen LogP contribution in [0.3, 0.4) is 0 Å². The summed E-state index contributed by atoms with van der Waals surface area (Å²) in [4.78, 5) is 17.7. The lowest BCUT2D eigenvalue weighted by Crippen LogP contribution is -2.15. The van der Waals surface area contributed by atoms with E-state index < -0.39 is 0 Å². The molecule has 0 aliphatic rings. The van der Waals surface area contributed by atoms with Gasteiger partial charge in [0.2, 0.25) is 0 Å². The second-order valence-corrected chi connectivity index (χ2v) is 15.8. The highest BCUT2D eigenvalue weighted by atomic mass is 15.0. The van der Waals surface area contributed by atoms with E-state index in [1.54, 1.807) is 0 Å². The molecule has 0 aliphatic carbocycles. The molecule has 8 aromatic rings. The zero-order valence-corrected chi connectivity index (χ0v) is 35.8. The van der Waals surface area contributed by atoms with E-state index in [2.05, 4.69) is 131 Å². The maximum absolute atomic E-state index is 6.35. The zero-order valence-electron chi connectivity index (χ0n) is 35.8. The van der Waals surface area contributed by atoms with Gasteiger partial charge in [0.1, 0.15) is 11.6 Å². The molecule has 2 unspecified atom stereocenters. The van der Waals surface area contributed by atoms with Crippen molar-refractivity contribution in [1.82, 2.24) is 19.9 Å². The summed E-state index contributed by atoms with van der Waals surface area (Å²) in [5.41, 5.74) is 26.6. The Balaban J connectivity index is 0.000000187. The van der Waals surface area contributed by atoms with Crippen molar-refractivity contribution >= 4 is 11.6 Å². The van der Waals surface area contributed by atoms with E-state index in [9.17, 15) is 0 Å². The van der Waals surface area contributed by atoms with Crippen molar-refractivity contribution in [2.45, 2.75) is 51.6 Å². The molecule has 0 saturated carbocycles. The highest BCUT2D eigenvalue weighted by molar-refractivity contribution is 5.85. The summed E-state index contributed by atoms with van der Waals surface area (Å²) in [6, 6.07) is 50.0. The highest BCUT2D eigenvalue weighted by Gasteiger charge is 2.14. The largest absolute Gasteiger partial charge is 0.370 e. The summed E-state index contributed by atoms with van der Waals surface area (Å²) < 4.78 is 0. The summed E-state index contributed by atoms with van der Waals surface area (Å²) in [5, 5.41) is 6.90. The van der Waals surface area contributed by atoms with Gasteiger partial charge in [-0.1, -0.05) is 129 Å². The minimum atomic E-state index is 0.00131. The standard InChI is InChI=1S/C28H30N4.C26H26N4/c1-20(2)23-9-6-10-24(17-23)26-19-32-28(18-25(26)21-11-14-30-15-12-21)31-16-13-27(29)22-7-4-3-5-8-22;1-19-6-5-9-22(16-19)24-18-30-26(17-23(24)20-10-13-28-14-11-20)29-15-12-25(27)21-7-3-2-4-8-21/h3-12,14-15,17-20,27H,13,16,29H2,1-2H3,(H,31,32);2-11,13-14,16-18,25H,12,15,27H2,1H3,(H,29,30). The number of rotatable bonds is 15. The molecule has 0 radical (unpaired) electrons. The maximum atomic E-state index is 6.35. The molecule has 4 aromatic carbocycles. The van der Waals surface area contributed by atoms with Crippen molar-refractivity contribution in [3.8, 4) is 44.5 Å². The minimum Gasteiger partial charge on any atom is -0.370 e. The van der Waals surface area contributed by atoms with Crippen molar-refractivity contribution in [2.24, 2.45) is 11.5 Å². The van der Waals surface area contributed by atoms with E-state index in [1.807, 2.05) is 97.8 Å². The van der Waals surface area contributed by atoms with Gasteiger partial charge in [0.25, 0.3) is 0 Å². The molecular weight excluding hydrogens is 761 g/mol. The van der Waals surface area contributed by atoms with Gasteiger partial charge < -0.3 is 22.1 Å². The van der Waals surface area contributed by atoms with Crippen LogP contribution in [0.5, 0.6) is 0 Å². The average Bonchev–Trinajstić information content (AvgIpc) is 3.32. The normalized spacial score (nSPS) is 11.9.